The van der Waals surface area contributed by atoms with Gasteiger partial charge >= 0.3 is 0 Å². The van der Waals surface area contributed by atoms with Crippen molar-refractivity contribution in [3.63, 3.8) is 0 Å². The second kappa shape index (κ2) is 5.43. The van der Waals surface area contributed by atoms with Crippen LogP contribution in [0.1, 0.15) is 48.3 Å². The van der Waals surface area contributed by atoms with E-state index in [9.17, 15) is 4.79 Å². The predicted octanol–water partition coefficient (Wildman–Crippen LogP) is 2.56. The summed E-state index contributed by atoms with van der Waals surface area (Å²) >= 11 is 3.55. The summed E-state index contributed by atoms with van der Waals surface area (Å²) < 4.78 is 1.73. The van der Waals surface area contributed by atoms with Gasteiger partial charge in [0.05, 0.1) is 5.54 Å². The maximum atomic E-state index is 12.2. The number of alkyl halides is 1. The molecule has 2 rings (SSSR count). The molecular formula is C13H20BrN3O. The highest BCUT2D eigenvalue weighted by molar-refractivity contribution is 9.09. The van der Waals surface area contributed by atoms with Crippen LogP contribution in [0.25, 0.3) is 0 Å². The first kappa shape index (κ1) is 13.6. The first-order valence-electron chi connectivity index (χ1n) is 6.45. The van der Waals surface area contributed by atoms with Crippen molar-refractivity contribution in [1.29, 1.82) is 0 Å². The van der Waals surface area contributed by atoms with E-state index in [0.717, 1.165) is 23.9 Å². The Bertz CT molecular complexity index is 416. The first-order valence-corrected chi connectivity index (χ1v) is 7.58. The molecule has 5 heteroatoms. The number of aryl methyl sites for hydroxylation is 2. The summed E-state index contributed by atoms with van der Waals surface area (Å²) in [5.74, 6) is -0.0555. The van der Waals surface area contributed by atoms with Crippen LogP contribution in [0.5, 0.6) is 0 Å². The van der Waals surface area contributed by atoms with E-state index in [1.807, 2.05) is 20.0 Å². The molecule has 0 spiro atoms. The zero-order valence-corrected chi connectivity index (χ0v) is 12.6. The Morgan fingerprint density at radius 2 is 2.17 bits per heavy atom. The van der Waals surface area contributed by atoms with Crippen LogP contribution in [0.15, 0.2) is 6.07 Å². The number of nitrogens with zero attached hydrogens (tertiary/aromatic N) is 2. The molecule has 0 saturated heterocycles. The number of nitrogens with one attached hydrogen (secondary N) is 1. The van der Waals surface area contributed by atoms with Gasteiger partial charge in [-0.15, -0.1) is 0 Å². The lowest BCUT2D eigenvalue weighted by Crippen LogP contribution is -2.51. The Kier molecular flexibility index (Phi) is 4.10. The zero-order valence-electron chi connectivity index (χ0n) is 11.0. The number of hydrogen-bond donors (Lipinski definition) is 1. The molecule has 1 saturated carbocycles. The van der Waals surface area contributed by atoms with Crippen LogP contribution < -0.4 is 5.32 Å². The van der Waals surface area contributed by atoms with Crippen molar-refractivity contribution in [3.05, 3.63) is 17.5 Å². The predicted molar refractivity (Wildman–Crippen MR) is 75.0 cm³/mol. The molecule has 0 aliphatic heterocycles. The molecule has 0 bridgehead atoms. The molecule has 1 fully saturated rings. The van der Waals surface area contributed by atoms with E-state index in [1.165, 1.54) is 19.3 Å². The highest BCUT2D eigenvalue weighted by Gasteiger charge is 2.33. The summed E-state index contributed by atoms with van der Waals surface area (Å²) in [5, 5.41) is 8.22. The average molecular weight is 314 g/mol. The van der Waals surface area contributed by atoms with Gasteiger partial charge in [-0.05, 0) is 25.8 Å². The molecule has 4 nitrogen and oxygen atoms in total. The molecule has 0 aromatic carbocycles. The molecule has 0 atom stereocenters. The molecule has 0 unspecified atom stereocenters. The SMILES string of the molecule is Cc1cc(C(=O)NC2(CBr)CCCCC2)nn1C. The summed E-state index contributed by atoms with van der Waals surface area (Å²) in [6, 6.07) is 1.83. The maximum absolute atomic E-state index is 12.2. The smallest absolute Gasteiger partial charge is 0.272 e. The molecule has 1 heterocycles. The van der Waals surface area contributed by atoms with Gasteiger partial charge in [0.25, 0.3) is 5.91 Å². The third kappa shape index (κ3) is 2.76. The summed E-state index contributed by atoms with van der Waals surface area (Å²) in [5.41, 5.74) is 1.43. The number of carbonyl (C=O) groups excluding carboxylic acids is 1. The lowest BCUT2D eigenvalue weighted by atomic mass is 9.83. The first-order chi connectivity index (χ1) is 8.56. The molecule has 1 N–H and O–H groups in total. The van der Waals surface area contributed by atoms with Crippen LogP contribution >= 0.6 is 15.9 Å². The van der Waals surface area contributed by atoms with Crippen molar-refractivity contribution in [2.24, 2.45) is 7.05 Å². The molecule has 1 amide bonds. The zero-order chi connectivity index (χ0) is 13.2. The van der Waals surface area contributed by atoms with E-state index in [0.29, 0.717) is 5.69 Å². The van der Waals surface area contributed by atoms with Crippen molar-refractivity contribution in [2.45, 2.75) is 44.6 Å². The molecule has 100 valence electrons. The van der Waals surface area contributed by atoms with Crippen LogP contribution in [0.3, 0.4) is 0 Å². The van der Waals surface area contributed by atoms with Gasteiger partial charge in [0.1, 0.15) is 5.69 Å². The summed E-state index contributed by atoms with van der Waals surface area (Å²) in [6.45, 7) is 1.95. The molecule has 1 aliphatic rings. The van der Waals surface area contributed by atoms with Crippen molar-refractivity contribution in [2.75, 3.05) is 5.33 Å². The molecule has 1 aromatic rings. The Morgan fingerprint density at radius 3 is 2.67 bits per heavy atom. The molecule has 1 aliphatic carbocycles. The van der Waals surface area contributed by atoms with E-state index in [1.54, 1.807) is 4.68 Å². The highest BCUT2D eigenvalue weighted by atomic mass is 79.9. The standard InChI is InChI=1S/C13H20BrN3O/c1-10-8-11(16-17(10)2)12(18)15-13(9-14)6-4-3-5-7-13/h8H,3-7,9H2,1-2H3,(H,15,18). The van der Waals surface area contributed by atoms with Crippen molar-refractivity contribution < 1.29 is 4.79 Å². The van der Waals surface area contributed by atoms with Crippen molar-refractivity contribution in [1.82, 2.24) is 15.1 Å². The largest absolute Gasteiger partial charge is 0.344 e. The van der Waals surface area contributed by atoms with Crippen LogP contribution in [-0.2, 0) is 7.05 Å². The van der Waals surface area contributed by atoms with Gasteiger partial charge in [0.2, 0.25) is 0 Å². The van der Waals surface area contributed by atoms with E-state index in [4.69, 9.17) is 0 Å². The molecule has 0 radical (unpaired) electrons. The number of carbonyl (C=O) groups is 1. The second-order valence-corrected chi connectivity index (χ2v) is 5.78. The monoisotopic (exact) mass is 313 g/mol. The third-order valence-electron chi connectivity index (χ3n) is 3.79. The fraction of sp³-hybridized carbons (Fsp3) is 0.692. The molecule has 18 heavy (non-hydrogen) atoms. The minimum absolute atomic E-state index is 0.0555. The maximum Gasteiger partial charge on any atom is 0.272 e. The van der Waals surface area contributed by atoms with E-state index < -0.39 is 0 Å². The number of aromatic nitrogens is 2. The third-order valence-corrected chi connectivity index (χ3v) is 4.86. The van der Waals surface area contributed by atoms with Gasteiger partial charge in [-0.1, -0.05) is 35.2 Å². The fourth-order valence-electron chi connectivity index (χ4n) is 2.50. The summed E-state index contributed by atoms with van der Waals surface area (Å²) in [6.07, 6.45) is 5.75. The Balaban J connectivity index is 2.09. The second-order valence-electron chi connectivity index (χ2n) is 5.22. The van der Waals surface area contributed by atoms with Gasteiger partial charge in [0.15, 0.2) is 0 Å². The number of rotatable bonds is 3. The van der Waals surface area contributed by atoms with Crippen molar-refractivity contribution >= 4 is 21.8 Å². The van der Waals surface area contributed by atoms with Crippen LogP contribution in [0.2, 0.25) is 0 Å². The van der Waals surface area contributed by atoms with Crippen LogP contribution in [0.4, 0.5) is 0 Å². The van der Waals surface area contributed by atoms with Crippen molar-refractivity contribution in [3.8, 4) is 0 Å². The van der Waals surface area contributed by atoms with E-state index >= 15 is 0 Å². The summed E-state index contributed by atoms with van der Waals surface area (Å²) in [4.78, 5) is 12.2. The average Bonchev–Trinajstić information content (AvgIpc) is 2.71. The number of halogens is 1. The number of amides is 1. The quantitative estimate of drug-likeness (QED) is 0.872. The Morgan fingerprint density at radius 1 is 1.50 bits per heavy atom. The lowest BCUT2D eigenvalue weighted by Gasteiger charge is -2.36. The number of hydrogen-bond acceptors (Lipinski definition) is 2. The van der Waals surface area contributed by atoms with Gasteiger partial charge in [-0.2, -0.15) is 5.10 Å². The minimum atomic E-state index is -0.0826. The normalized spacial score (nSPS) is 18.6. The van der Waals surface area contributed by atoms with Gasteiger partial charge in [-0.3, -0.25) is 9.48 Å². The van der Waals surface area contributed by atoms with Gasteiger partial charge in [0, 0.05) is 18.1 Å². The van der Waals surface area contributed by atoms with E-state index in [2.05, 4.69) is 26.3 Å². The lowest BCUT2D eigenvalue weighted by molar-refractivity contribution is 0.0880. The Hall–Kier alpha value is -0.840. The molecule has 1 aromatic heterocycles. The van der Waals surface area contributed by atoms with Crippen LogP contribution in [0, 0.1) is 6.92 Å². The fourth-order valence-corrected chi connectivity index (χ4v) is 3.20. The Labute approximate surface area is 116 Å². The summed E-state index contributed by atoms with van der Waals surface area (Å²) in [7, 11) is 1.85. The highest BCUT2D eigenvalue weighted by Crippen LogP contribution is 2.30. The topological polar surface area (TPSA) is 46.9 Å². The van der Waals surface area contributed by atoms with Gasteiger partial charge in [-0.25, -0.2) is 0 Å². The van der Waals surface area contributed by atoms with E-state index in [-0.39, 0.29) is 11.4 Å². The van der Waals surface area contributed by atoms with Crippen LogP contribution in [-0.4, -0.2) is 26.6 Å². The minimum Gasteiger partial charge on any atom is -0.344 e. The van der Waals surface area contributed by atoms with Gasteiger partial charge < -0.3 is 5.32 Å². The molecular weight excluding hydrogens is 294 g/mol.